The lowest BCUT2D eigenvalue weighted by Gasteiger charge is -2.14. The smallest absolute Gasteiger partial charge is 0.270 e. The van der Waals surface area contributed by atoms with E-state index in [4.69, 9.17) is 12.2 Å². The molecule has 6 nitrogen and oxygen atoms in total. The number of nitrogens with one attached hydrogen (secondary N) is 2. The molecule has 7 heteroatoms. The first kappa shape index (κ1) is 16.6. The summed E-state index contributed by atoms with van der Waals surface area (Å²) < 4.78 is 0. The van der Waals surface area contributed by atoms with Gasteiger partial charge in [0.2, 0.25) is 0 Å². The zero-order chi connectivity index (χ0) is 17.0. The number of hydrogen-bond donors (Lipinski definition) is 2. The number of thiocarbonyl (C=S) groups is 1. The van der Waals surface area contributed by atoms with Gasteiger partial charge in [-0.25, -0.2) is 0 Å². The molecule has 23 heavy (non-hydrogen) atoms. The van der Waals surface area contributed by atoms with Gasteiger partial charge in [-0.2, -0.15) is 0 Å². The van der Waals surface area contributed by atoms with Gasteiger partial charge in [0.15, 0.2) is 5.11 Å². The van der Waals surface area contributed by atoms with E-state index in [0.717, 1.165) is 16.8 Å². The van der Waals surface area contributed by atoms with Gasteiger partial charge in [-0.3, -0.25) is 20.2 Å². The number of nitro benzene ring substituents is 1. The Morgan fingerprint density at radius 3 is 2.35 bits per heavy atom. The monoisotopic (exact) mass is 329 g/mol. The third-order valence-electron chi connectivity index (χ3n) is 3.27. The predicted octanol–water partition coefficient (Wildman–Crippen LogP) is 3.34. The summed E-state index contributed by atoms with van der Waals surface area (Å²) in [6.07, 6.45) is 0. The van der Waals surface area contributed by atoms with Crippen molar-refractivity contribution in [2.75, 3.05) is 5.32 Å². The van der Waals surface area contributed by atoms with E-state index in [1.807, 2.05) is 32.0 Å². The first-order chi connectivity index (χ1) is 10.9. The fourth-order valence-corrected chi connectivity index (χ4v) is 2.29. The van der Waals surface area contributed by atoms with Crippen molar-refractivity contribution in [3.05, 3.63) is 69.3 Å². The van der Waals surface area contributed by atoms with Crippen LogP contribution < -0.4 is 10.6 Å². The van der Waals surface area contributed by atoms with E-state index in [0.29, 0.717) is 0 Å². The second-order valence-electron chi connectivity index (χ2n) is 4.98. The molecule has 2 aromatic carbocycles. The molecule has 0 unspecified atom stereocenters. The minimum Gasteiger partial charge on any atom is -0.332 e. The van der Waals surface area contributed by atoms with Gasteiger partial charge in [-0.15, -0.1) is 0 Å². The van der Waals surface area contributed by atoms with Gasteiger partial charge in [0.1, 0.15) is 0 Å². The molecular formula is C16H15N3O3S. The molecule has 118 valence electrons. The molecule has 0 spiro atoms. The van der Waals surface area contributed by atoms with Crippen molar-refractivity contribution >= 4 is 34.6 Å². The number of rotatable bonds is 3. The highest BCUT2D eigenvalue weighted by Gasteiger charge is 2.13. The number of nitrogens with zero attached hydrogens (tertiary/aromatic N) is 1. The molecule has 0 aliphatic heterocycles. The van der Waals surface area contributed by atoms with E-state index in [1.54, 1.807) is 0 Å². The Morgan fingerprint density at radius 2 is 1.74 bits per heavy atom. The molecule has 1 amide bonds. The summed E-state index contributed by atoms with van der Waals surface area (Å²) in [5.74, 6) is -0.502. The Hall–Kier alpha value is -2.80. The zero-order valence-electron chi connectivity index (χ0n) is 12.6. The van der Waals surface area contributed by atoms with E-state index in [1.165, 1.54) is 24.3 Å². The summed E-state index contributed by atoms with van der Waals surface area (Å²) >= 11 is 5.14. The van der Waals surface area contributed by atoms with Crippen molar-refractivity contribution in [3.8, 4) is 0 Å². The van der Waals surface area contributed by atoms with Crippen LogP contribution >= 0.6 is 12.2 Å². The molecule has 0 fully saturated rings. The number of carbonyl (C=O) groups excluding carboxylic acids is 1. The first-order valence-electron chi connectivity index (χ1n) is 6.81. The Labute approximate surface area is 138 Å². The highest BCUT2D eigenvalue weighted by atomic mass is 32.1. The molecule has 0 aromatic heterocycles. The van der Waals surface area contributed by atoms with Crippen LogP contribution in [-0.4, -0.2) is 15.9 Å². The largest absolute Gasteiger partial charge is 0.332 e. The molecule has 0 heterocycles. The standard InChI is InChI=1S/C16H15N3O3S/c1-10-5-3-6-11(2)14(10)17-16(23)18-15(20)12-7-4-8-13(9-12)19(21)22/h3-9H,1-2H3,(H2,17,18,20,23). The lowest BCUT2D eigenvalue weighted by molar-refractivity contribution is -0.384. The van der Waals surface area contributed by atoms with Crippen LogP contribution in [0.3, 0.4) is 0 Å². The summed E-state index contributed by atoms with van der Waals surface area (Å²) in [5.41, 5.74) is 2.85. The van der Waals surface area contributed by atoms with E-state index in [9.17, 15) is 14.9 Å². The van der Waals surface area contributed by atoms with Crippen molar-refractivity contribution in [1.82, 2.24) is 5.32 Å². The molecule has 2 rings (SSSR count). The normalized spacial score (nSPS) is 10.0. The van der Waals surface area contributed by atoms with Crippen LogP contribution in [0, 0.1) is 24.0 Å². The summed E-state index contributed by atoms with van der Waals surface area (Å²) in [5, 5.41) is 16.4. The van der Waals surface area contributed by atoms with E-state index in [2.05, 4.69) is 10.6 Å². The molecule has 0 atom stereocenters. The van der Waals surface area contributed by atoms with Crippen LogP contribution in [0.5, 0.6) is 0 Å². The SMILES string of the molecule is Cc1cccc(C)c1NC(=S)NC(=O)c1cccc([N+](=O)[O-])c1. The maximum absolute atomic E-state index is 12.1. The number of anilines is 1. The van der Waals surface area contributed by atoms with Gasteiger partial charge in [0.05, 0.1) is 4.92 Å². The highest BCUT2D eigenvalue weighted by Crippen LogP contribution is 2.19. The fraction of sp³-hybridized carbons (Fsp3) is 0.125. The lowest BCUT2D eigenvalue weighted by Crippen LogP contribution is -2.34. The van der Waals surface area contributed by atoms with Crippen LogP contribution in [0.15, 0.2) is 42.5 Å². The Morgan fingerprint density at radius 1 is 1.13 bits per heavy atom. The highest BCUT2D eigenvalue weighted by molar-refractivity contribution is 7.80. The van der Waals surface area contributed by atoms with E-state index < -0.39 is 10.8 Å². The van der Waals surface area contributed by atoms with Gasteiger partial charge in [-0.1, -0.05) is 24.3 Å². The maximum Gasteiger partial charge on any atom is 0.270 e. The number of aryl methyl sites for hydroxylation is 2. The zero-order valence-corrected chi connectivity index (χ0v) is 13.4. The summed E-state index contributed by atoms with van der Waals surface area (Å²) in [6, 6.07) is 11.3. The second kappa shape index (κ2) is 6.97. The lowest BCUT2D eigenvalue weighted by atomic mass is 10.1. The number of carbonyl (C=O) groups is 1. The van der Waals surface area contributed by atoms with Gasteiger partial charge >= 0.3 is 0 Å². The van der Waals surface area contributed by atoms with Crippen molar-refractivity contribution in [2.24, 2.45) is 0 Å². The van der Waals surface area contributed by atoms with E-state index >= 15 is 0 Å². The third-order valence-corrected chi connectivity index (χ3v) is 3.47. The van der Waals surface area contributed by atoms with Crippen LogP contribution in [0.4, 0.5) is 11.4 Å². The molecule has 0 radical (unpaired) electrons. The molecule has 0 saturated carbocycles. The number of hydrogen-bond acceptors (Lipinski definition) is 4. The Bertz CT molecular complexity index is 770. The average molecular weight is 329 g/mol. The van der Waals surface area contributed by atoms with Crippen LogP contribution in [0.2, 0.25) is 0 Å². The van der Waals surface area contributed by atoms with E-state index in [-0.39, 0.29) is 16.4 Å². The summed E-state index contributed by atoms with van der Waals surface area (Å²) in [6.45, 7) is 3.86. The van der Waals surface area contributed by atoms with Gasteiger partial charge in [-0.05, 0) is 43.3 Å². The van der Waals surface area contributed by atoms with Crippen molar-refractivity contribution < 1.29 is 9.72 Å². The van der Waals surface area contributed by atoms with Crippen LogP contribution in [-0.2, 0) is 0 Å². The quantitative estimate of drug-likeness (QED) is 0.512. The molecule has 2 N–H and O–H groups in total. The van der Waals surface area contributed by atoms with Crippen LogP contribution in [0.1, 0.15) is 21.5 Å². The van der Waals surface area contributed by atoms with Crippen molar-refractivity contribution in [1.29, 1.82) is 0 Å². The number of non-ortho nitro benzene ring substituents is 1. The molecule has 0 aliphatic carbocycles. The number of amides is 1. The topological polar surface area (TPSA) is 84.3 Å². The second-order valence-corrected chi connectivity index (χ2v) is 5.39. The molecule has 2 aromatic rings. The van der Waals surface area contributed by atoms with Crippen molar-refractivity contribution in [3.63, 3.8) is 0 Å². The number of nitro groups is 1. The first-order valence-corrected chi connectivity index (χ1v) is 7.22. The predicted molar refractivity (Wildman–Crippen MR) is 92.7 cm³/mol. The minimum atomic E-state index is -0.552. The van der Waals surface area contributed by atoms with Gasteiger partial charge in [0.25, 0.3) is 11.6 Å². The minimum absolute atomic E-state index is 0.138. The Balaban J connectivity index is 2.10. The third kappa shape index (κ3) is 4.10. The maximum atomic E-state index is 12.1. The molecule has 0 saturated heterocycles. The summed E-state index contributed by atoms with van der Waals surface area (Å²) in [7, 11) is 0. The average Bonchev–Trinajstić information content (AvgIpc) is 2.51. The molecule has 0 aliphatic rings. The summed E-state index contributed by atoms with van der Waals surface area (Å²) in [4.78, 5) is 22.3. The molecular weight excluding hydrogens is 314 g/mol. The fourth-order valence-electron chi connectivity index (χ4n) is 2.09. The van der Waals surface area contributed by atoms with Crippen molar-refractivity contribution in [2.45, 2.75) is 13.8 Å². The number of para-hydroxylation sites is 1. The van der Waals surface area contributed by atoms with Crippen LogP contribution in [0.25, 0.3) is 0 Å². The van der Waals surface area contributed by atoms with Gasteiger partial charge < -0.3 is 5.32 Å². The Kier molecular flexibility index (Phi) is 5.02. The molecule has 0 bridgehead atoms. The number of benzene rings is 2. The van der Waals surface area contributed by atoms with Gasteiger partial charge in [0, 0.05) is 23.4 Å².